The van der Waals surface area contributed by atoms with Gasteiger partial charge in [-0.15, -0.1) is 11.8 Å². The molecule has 3 aromatic carbocycles. The Morgan fingerprint density at radius 3 is 2.21 bits per heavy atom. The summed E-state index contributed by atoms with van der Waals surface area (Å²) in [6.07, 6.45) is 0.358. The van der Waals surface area contributed by atoms with Gasteiger partial charge in [0.05, 0.1) is 15.8 Å². The Hall–Kier alpha value is -1.89. The van der Waals surface area contributed by atoms with E-state index in [-0.39, 0.29) is 24.1 Å². The molecule has 0 aliphatic rings. The van der Waals surface area contributed by atoms with Gasteiger partial charge in [-0.1, -0.05) is 88.9 Å². The first-order valence-electron chi connectivity index (χ1n) is 12.0. The van der Waals surface area contributed by atoms with Crippen LogP contribution in [0.3, 0.4) is 0 Å². The summed E-state index contributed by atoms with van der Waals surface area (Å²) < 4.78 is 0. The molecule has 0 fully saturated rings. The van der Waals surface area contributed by atoms with Crippen molar-refractivity contribution in [2.75, 3.05) is 5.75 Å². The van der Waals surface area contributed by atoms with Gasteiger partial charge in [0, 0.05) is 34.3 Å². The van der Waals surface area contributed by atoms with E-state index < -0.39 is 11.6 Å². The predicted molar refractivity (Wildman–Crippen MR) is 161 cm³/mol. The fourth-order valence-electron chi connectivity index (χ4n) is 3.81. The molecule has 0 aromatic heterocycles. The molecule has 0 bridgehead atoms. The summed E-state index contributed by atoms with van der Waals surface area (Å²) in [4.78, 5) is 29.0. The smallest absolute Gasteiger partial charge is 0.243 e. The van der Waals surface area contributed by atoms with E-state index in [0.29, 0.717) is 37.8 Å². The first-order valence-corrected chi connectivity index (χ1v) is 14.7. The first-order chi connectivity index (χ1) is 17.9. The summed E-state index contributed by atoms with van der Waals surface area (Å²) in [5.41, 5.74) is 2.14. The summed E-state index contributed by atoms with van der Waals surface area (Å²) in [6.45, 7) is 5.91. The maximum Gasteiger partial charge on any atom is 0.243 e. The van der Waals surface area contributed by atoms with E-state index in [1.54, 1.807) is 35.2 Å². The quantitative estimate of drug-likeness (QED) is 0.252. The standard InChI is InChI=1S/C29H30Cl4N2O2S/c1-29(2,3)34-28(37)26(14-19-7-5-4-6-8-19)35(16-21-10-11-22(30)15-24(21)32)27(36)18-38-17-20-9-12-23(31)25(33)13-20/h4-13,15,26H,14,16-18H2,1-3H3,(H,34,37)/t26-/m1/s1. The second kappa shape index (κ2) is 14.0. The predicted octanol–water partition coefficient (Wildman–Crippen LogP) is 8.09. The molecule has 0 unspecified atom stereocenters. The van der Waals surface area contributed by atoms with Crippen LogP contribution in [-0.2, 0) is 28.3 Å². The lowest BCUT2D eigenvalue weighted by Crippen LogP contribution is -2.54. The average molecular weight is 612 g/mol. The topological polar surface area (TPSA) is 49.4 Å². The number of rotatable bonds is 10. The van der Waals surface area contributed by atoms with E-state index in [1.807, 2.05) is 57.2 Å². The Morgan fingerprint density at radius 1 is 0.868 bits per heavy atom. The Balaban J connectivity index is 1.90. The third-order valence-corrected chi connectivity index (χ3v) is 7.92. The molecule has 4 nitrogen and oxygen atoms in total. The summed E-state index contributed by atoms with van der Waals surface area (Å²) in [7, 11) is 0. The van der Waals surface area contributed by atoms with Crippen LogP contribution in [-0.4, -0.2) is 34.0 Å². The van der Waals surface area contributed by atoms with Crippen LogP contribution in [0.15, 0.2) is 66.7 Å². The highest BCUT2D eigenvalue weighted by Crippen LogP contribution is 2.27. The van der Waals surface area contributed by atoms with E-state index in [9.17, 15) is 9.59 Å². The van der Waals surface area contributed by atoms with Gasteiger partial charge in [-0.05, 0) is 61.7 Å². The minimum Gasteiger partial charge on any atom is -0.350 e. The second-order valence-electron chi connectivity index (χ2n) is 9.94. The molecule has 3 aromatic rings. The highest BCUT2D eigenvalue weighted by atomic mass is 35.5. The highest BCUT2D eigenvalue weighted by Gasteiger charge is 2.32. The molecule has 1 atom stereocenters. The maximum atomic E-state index is 13.7. The third kappa shape index (κ3) is 9.39. The first kappa shape index (κ1) is 30.6. The zero-order chi connectivity index (χ0) is 27.9. The van der Waals surface area contributed by atoms with Gasteiger partial charge in [-0.25, -0.2) is 0 Å². The number of benzene rings is 3. The lowest BCUT2D eigenvalue weighted by molar-refractivity contribution is -0.140. The molecule has 0 saturated heterocycles. The van der Waals surface area contributed by atoms with E-state index in [4.69, 9.17) is 46.4 Å². The molecular formula is C29H30Cl4N2O2S. The molecule has 0 saturated carbocycles. The third-order valence-electron chi connectivity index (χ3n) is 5.60. The van der Waals surface area contributed by atoms with Gasteiger partial charge < -0.3 is 10.2 Å². The van der Waals surface area contributed by atoms with Crippen molar-refractivity contribution in [3.05, 3.63) is 104 Å². The van der Waals surface area contributed by atoms with Crippen molar-refractivity contribution >= 4 is 70.0 Å². The van der Waals surface area contributed by atoms with Crippen LogP contribution in [0.5, 0.6) is 0 Å². The number of amides is 2. The van der Waals surface area contributed by atoms with E-state index in [2.05, 4.69) is 5.32 Å². The Morgan fingerprint density at radius 2 is 1.58 bits per heavy atom. The fourth-order valence-corrected chi connectivity index (χ4v) is 5.46. The minimum atomic E-state index is -0.749. The number of nitrogens with one attached hydrogen (secondary N) is 1. The fraction of sp³-hybridized carbons (Fsp3) is 0.310. The normalized spacial score (nSPS) is 12.2. The molecule has 0 aliphatic carbocycles. The van der Waals surface area contributed by atoms with Crippen LogP contribution in [0, 0.1) is 0 Å². The van der Waals surface area contributed by atoms with Crippen LogP contribution in [0.2, 0.25) is 20.1 Å². The summed E-state index contributed by atoms with van der Waals surface area (Å²) in [5, 5.41) is 4.95. The molecular weight excluding hydrogens is 582 g/mol. The Bertz CT molecular complexity index is 1270. The maximum absolute atomic E-state index is 13.7. The van der Waals surface area contributed by atoms with Crippen molar-refractivity contribution in [3.63, 3.8) is 0 Å². The zero-order valence-corrected chi connectivity index (χ0v) is 25.3. The van der Waals surface area contributed by atoms with Gasteiger partial charge in [0.2, 0.25) is 11.8 Å². The highest BCUT2D eigenvalue weighted by molar-refractivity contribution is 7.99. The van der Waals surface area contributed by atoms with Crippen LogP contribution in [0.25, 0.3) is 0 Å². The van der Waals surface area contributed by atoms with E-state index in [1.165, 1.54) is 11.8 Å². The van der Waals surface area contributed by atoms with Gasteiger partial charge >= 0.3 is 0 Å². The van der Waals surface area contributed by atoms with Crippen molar-refractivity contribution in [1.82, 2.24) is 10.2 Å². The molecule has 0 radical (unpaired) electrons. The molecule has 1 N–H and O–H groups in total. The van der Waals surface area contributed by atoms with Crippen LogP contribution >= 0.6 is 58.2 Å². The van der Waals surface area contributed by atoms with Crippen LogP contribution in [0.1, 0.15) is 37.5 Å². The number of nitrogens with zero attached hydrogens (tertiary/aromatic N) is 1. The van der Waals surface area contributed by atoms with Gasteiger partial charge in [-0.3, -0.25) is 9.59 Å². The number of hydrogen-bond donors (Lipinski definition) is 1. The number of carbonyl (C=O) groups excluding carboxylic acids is 2. The number of halogens is 4. The van der Waals surface area contributed by atoms with Gasteiger partial charge in [0.1, 0.15) is 6.04 Å². The van der Waals surface area contributed by atoms with Gasteiger partial charge in [0.15, 0.2) is 0 Å². The number of hydrogen-bond acceptors (Lipinski definition) is 3. The van der Waals surface area contributed by atoms with Crippen molar-refractivity contribution < 1.29 is 9.59 Å². The van der Waals surface area contributed by atoms with Crippen LogP contribution in [0.4, 0.5) is 0 Å². The second-order valence-corrected chi connectivity index (χ2v) is 12.6. The average Bonchev–Trinajstić information content (AvgIpc) is 2.84. The lowest BCUT2D eigenvalue weighted by Gasteiger charge is -2.34. The van der Waals surface area contributed by atoms with Crippen molar-refractivity contribution in [2.24, 2.45) is 0 Å². The molecule has 0 spiro atoms. The van der Waals surface area contributed by atoms with Gasteiger partial charge in [0.25, 0.3) is 0 Å². The molecule has 9 heteroatoms. The number of thioether (sulfide) groups is 1. The molecule has 2 amide bonds. The Kier molecular flexibility index (Phi) is 11.3. The largest absolute Gasteiger partial charge is 0.350 e. The SMILES string of the molecule is CC(C)(C)NC(=O)[C@@H](Cc1ccccc1)N(Cc1ccc(Cl)cc1Cl)C(=O)CSCc1ccc(Cl)c(Cl)c1. The molecule has 202 valence electrons. The van der Waals surface area contributed by atoms with Gasteiger partial charge in [-0.2, -0.15) is 0 Å². The summed E-state index contributed by atoms with van der Waals surface area (Å²) >= 11 is 26.2. The van der Waals surface area contributed by atoms with E-state index >= 15 is 0 Å². The summed E-state index contributed by atoms with van der Waals surface area (Å²) in [6, 6.07) is 19.5. The molecule has 38 heavy (non-hydrogen) atoms. The number of carbonyl (C=O) groups is 2. The summed E-state index contributed by atoms with van der Waals surface area (Å²) in [5.74, 6) is 0.329. The molecule has 0 heterocycles. The zero-order valence-electron chi connectivity index (χ0n) is 21.4. The van der Waals surface area contributed by atoms with Crippen molar-refractivity contribution in [1.29, 1.82) is 0 Å². The van der Waals surface area contributed by atoms with Crippen LogP contribution < -0.4 is 5.32 Å². The minimum absolute atomic E-state index is 0.164. The molecule has 0 aliphatic heterocycles. The lowest BCUT2D eigenvalue weighted by atomic mass is 10.0. The molecule has 3 rings (SSSR count). The van der Waals surface area contributed by atoms with Crippen molar-refractivity contribution in [3.8, 4) is 0 Å². The Labute approximate surface area is 249 Å². The van der Waals surface area contributed by atoms with E-state index in [0.717, 1.165) is 11.1 Å². The van der Waals surface area contributed by atoms with Crippen molar-refractivity contribution in [2.45, 2.75) is 51.1 Å². The monoisotopic (exact) mass is 610 g/mol.